The second-order valence-corrected chi connectivity index (χ2v) is 8.13. The molecular weight excluding hydrogens is 346 g/mol. The molecule has 130 valence electrons. The molecule has 5 nitrogen and oxygen atoms in total. The highest BCUT2D eigenvalue weighted by atomic mass is 35.5. The minimum Gasteiger partial charge on any atom is -0.399 e. The molecule has 2 aromatic rings. The van der Waals surface area contributed by atoms with Crippen molar-refractivity contribution in [3.63, 3.8) is 0 Å². The van der Waals surface area contributed by atoms with Gasteiger partial charge in [-0.15, -0.1) is 0 Å². The molecule has 7 heteroatoms. The van der Waals surface area contributed by atoms with Crippen LogP contribution in [0.25, 0.3) is 0 Å². The lowest BCUT2D eigenvalue weighted by molar-refractivity contribution is 0.329. The number of hydrogen-bond acceptors (Lipinski definition) is 4. The second-order valence-electron chi connectivity index (χ2n) is 5.82. The molecule has 0 amide bonds. The number of nitrogens with two attached hydrogens (primary N) is 1. The van der Waals surface area contributed by atoms with Crippen molar-refractivity contribution in [3.05, 3.63) is 59.1 Å². The summed E-state index contributed by atoms with van der Waals surface area (Å²) in [5.41, 5.74) is 7.02. The van der Waals surface area contributed by atoms with Crippen molar-refractivity contribution in [2.24, 2.45) is 0 Å². The van der Waals surface area contributed by atoms with Crippen LogP contribution >= 0.6 is 11.6 Å². The van der Waals surface area contributed by atoms with Crippen LogP contribution in [0.15, 0.2) is 53.4 Å². The topological polar surface area (TPSA) is 66.6 Å². The number of nitrogens with zero attached hydrogens (tertiary/aromatic N) is 2. The first-order chi connectivity index (χ1) is 11.3. The highest BCUT2D eigenvalue weighted by molar-refractivity contribution is 7.89. The molecule has 0 aliphatic heterocycles. The molecule has 0 saturated heterocycles. The summed E-state index contributed by atoms with van der Waals surface area (Å²) < 4.78 is 27.6. The molecule has 24 heavy (non-hydrogen) atoms. The highest BCUT2D eigenvalue weighted by Crippen LogP contribution is 2.27. The summed E-state index contributed by atoms with van der Waals surface area (Å²) in [6.45, 7) is 1.27. The fourth-order valence-electron chi connectivity index (χ4n) is 2.25. The van der Waals surface area contributed by atoms with Gasteiger partial charge in [-0.1, -0.05) is 41.9 Å². The average molecular weight is 368 g/mol. The maximum atomic E-state index is 13.1. The molecule has 2 N–H and O–H groups in total. The Hall–Kier alpha value is -1.60. The van der Waals surface area contributed by atoms with Gasteiger partial charge in [0.25, 0.3) is 0 Å². The molecule has 0 bridgehead atoms. The molecule has 0 radical (unpaired) electrons. The van der Waals surface area contributed by atoms with Crippen LogP contribution in [0.2, 0.25) is 5.02 Å². The van der Waals surface area contributed by atoms with Gasteiger partial charge in [0.2, 0.25) is 10.0 Å². The summed E-state index contributed by atoms with van der Waals surface area (Å²) in [7, 11) is 0.0893. The number of likely N-dealkylation sites (N-methyl/N-ethyl adjacent to an activating group) is 1. The molecule has 0 saturated carbocycles. The summed E-state index contributed by atoms with van der Waals surface area (Å²) in [4.78, 5) is 2.02. The van der Waals surface area contributed by atoms with Crippen molar-refractivity contribution in [3.8, 4) is 0 Å². The van der Waals surface area contributed by atoms with Gasteiger partial charge in [0.05, 0.1) is 5.02 Å². The normalized spacial score (nSPS) is 12.0. The van der Waals surface area contributed by atoms with Crippen molar-refractivity contribution < 1.29 is 8.42 Å². The van der Waals surface area contributed by atoms with Crippen LogP contribution in [0.3, 0.4) is 0 Å². The largest absolute Gasteiger partial charge is 0.399 e. The Morgan fingerprint density at radius 3 is 2.29 bits per heavy atom. The van der Waals surface area contributed by atoms with Gasteiger partial charge in [-0.3, -0.25) is 0 Å². The van der Waals surface area contributed by atoms with Gasteiger partial charge in [-0.2, -0.15) is 4.31 Å². The zero-order chi connectivity index (χ0) is 17.7. The van der Waals surface area contributed by atoms with Crippen molar-refractivity contribution in [2.45, 2.75) is 11.4 Å². The molecule has 2 rings (SSSR count). The highest BCUT2D eigenvalue weighted by Gasteiger charge is 2.27. The van der Waals surface area contributed by atoms with Crippen LogP contribution < -0.4 is 5.73 Å². The van der Waals surface area contributed by atoms with Crippen LogP contribution in [0.1, 0.15) is 5.56 Å². The van der Waals surface area contributed by atoms with Crippen LogP contribution in [0.4, 0.5) is 5.69 Å². The van der Waals surface area contributed by atoms with E-state index >= 15 is 0 Å². The molecule has 0 heterocycles. The van der Waals surface area contributed by atoms with E-state index in [4.69, 9.17) is 17.3 Å². The van der Waals surface area contributed by atoms with E-state index in [1.54, 1.807) is 6.07 Å². The smallest absolute Gasteiger partial charge is 0.244 e. The lowest BCUT2D eigenvalue weighted by Gasteiger charge is -2.24. The van der Waals surface area contributed by atoms with Gasteiger partial charge in [0.15, 0.2) is 0 Å². The average Bonchev–Trinajstić information content (AvgIpc) is 2.51. The zero-order valence-corrected chi connectivity index (χ0v) is 15.4. The van der Waals surface area contributed by atoms with Gasteiger partial charge < -0.3 is 10.6 Å². The van der Waals surface area contributed by atoms with E-state index in [-0.39, 0.29) is 16.5 Å². The molecule has 0 atom stereocenters. The van der Waals surface area contributed by atoms with Crippen molar-refractivity contribution in [1.29, 1.82) is 0 Å². The van der Waals surface area contributed by atoms with Gasteiger partial charge in [-0.05, 0) is 37.9 Å². The van der Waals surface area contributed by atoms with Crippen LogP contribution in [0.5, 0.6) is 0 Å². The molecule has 0 aliphatic rings. The van der Waals surface area contributed by atoms with E-state index in [1.165, 1.54) is 16.4 Å². The van der Waals surface area contributed by atoms with E-state index in [2.05, 4.69) is 0 Å². The minimum absolute atomic E-state index is 0.0769. The Morgan fingerprint density at radius 2 is 1.71 bits per heavy atom. The maximum Gasteiger partial charge on any atom is 0.244 e. The predicted octanol–water partition coefficient (Wildman–Crippen LogP) is 2.67. The lowest BCUT2D eigenvalue weighted by Crippen LogP contribution is -2.36. The Labute approximate surface area is 148 Å². The molecule has 0 unspecified atom stereocenters. The fourth-order valence-corrected chi connectivity index (χ4v) is 4.19. The lowest BCUT2D eigenvalue weighted by atomic mass is 10.2. The first-order valence-electron chi connectivity index (χ1n) is 7.54. The number of nitrogen functional groups attached to an aromatic ring is 1. The summed E-state index contributed by atoms with van der Waals surface area (Å²) in [5.74, 6) is 0. The number of halogens is 1. The third-order valence-corrected chi connectivity index (χ3v) is 5.90. The summed E-state index contributed by atoms with van der Waals surface area (Å²) in [6, 6.07) is 14.0. The van der Waals surface area contributed by atoms with Crippen LogP contribution in [-0.2, 0) is 16.6 Å². The zero-order valence-electron chi connectivity index (χ0n) is 13.8. The molecule has 0 aliphatic carbocycles. The second kappa shape index (κ2) is 7.98. The van der Waals surface area contributed by atoms with E-state index in [1.807, 2.05) is 49.3 Å². The number of sulfonamides is 1. The van der Waals surface area contributed by atoms with Gasteiger partial charge in [-0.25, -0.2) is 8.42 Å². The van der Waals surface area contributed by atoms with E-state index in [0.29, 0.717) is 18.8 Å². The summed E-state index contributed by atoms with van der Waals surface area (Å²) in [5, 5.41) is 0.137. The van der Waals surface area contributed by atoms with Crippen molar-refractivity contribution in [2.75, 3.05) is 32.9 Å². The van der Waals surface area contributed by atoms with Crippen LogP contribution in [-0.4, -0.2) is 44.8 Å². The fraction of sp³-hybridized carbons (Fsp3) is 0.294. The molecule has 0 spiro atoms. The number of anilines is 1. The van der Waals surface area contributed by atoms with Crippen molar-refractivity contribution in [1.82, 2.24) is 9.21 Å². The predicted molar refractivity (Wildman–Crippen MR) is 98.5 cm³/mol. The molecule has 2 aromatic carbocycles. The number of hydrogen-bond donors (Lipinski definition) is 1. The quantitative estimate of drug-likeness (QED) is 0.764. The van der Waals surface area contributed by atoms with E-state index in [0.717, 1.165) is 5.56 Å². The first-order valence-corrected chi connectivity index (χ1v) is 9.36. The number of benzene rings is 2. The van der Waals surface area contributed by atoms with Crippen LogP contribution in [0, 0.1) is 0 Å². The number of rotatable bonds is 7. The molecule has 0 fully saturated rings. The standard InChI is InChI=1S/C17H22ClN3O2S/c1-20(2)10-11-21(13-14-6-4-3-5-7-14)24(22,23)17-9-8-15(19)12-16(17)18/h3-9,12H,10-11,13,19H2,1-2H3. The third kappa shape index (κ3) is 4.70. The Morgan fingerprint density at radius 1 is 1.04 bits per heavy atom. The first kappa shape index (κ1) is 18.7. The maximum absolute atomic E-state index is 13.1. The van der Waals surface area contributed by atoms with Gasteiger partial charge in [0.1, 0.15) is 4.90 Å². The Bertz CT molecular complexity index is 780. The Kier molecular flexibility index (Phi) is 6.23. The van der Waals surface area contributed by atoms with E-state index in [9.17, 15) is 8.42 Å². The SMILES string of the molecule is CN(C)CCN(Cc1ccccc1)S(=O)(=O)c1ccc(N)cc1Cl. The van der Waals surface area contributed by atoms with Crippen molar-refractivity contribution >= 4 is 27.3 Å². The molecular formula is C17H22ClN3O2S. The summed E-state index contributed by atoms with van der Waals surface area (Å²) in [6.07, 6.45) is 0. The Balaban J connectivity index is 2.36. The monoisotopic (exact) mass is 367 g/mol. The molecule has 0 aromatic heterocycles. The minimum atomic E-state index is -3.72. The van der Waals surface area contributed by atoms with Gasteiger partial charge >= 0.3 is 0 Å². The van der Waals surface area contributed by atoms with E-state index < -0.39 is 10.0 Å². The van der Waals surface area contributed by atoms with Gasteiger partial charge in [0, 0.05) is 25.3 Å². The third-order valence-electron chi connectivity index (χ3n) is 3.57. The summed E-state index contributed by atoms with van der Waals surface area (Å²) >= 11 is 6.13.